The molecule has 0 unspecified atom stereocenters. The van der Waals surface area contributed by atoms with Crippen molar-refractivity contribution in [3.05, 3.63) is 72.5 Å². The number of hydrogen-bond donors (Lipinski definition) is 1. The zero-order chi connectivity index (χ0) is 18.9. The predicted octanol–water partition coefficient (Wildman–Crippen LogP) is 4.33. The monoisotopic (exact) mass is 367 g/mol. The molecule has 0 atom stereocenters. The smallest absolute Gasteiger partial charge is 0.257 e. The molecule has 0 bridgehead atoms. The molecular formula is C22H22FNO3. The highest BCUT2D eigenvalue weighted by Crippen LogP contribution is 2.20. The Bertz CT molecular complexity index is 880. The molecule has 0 aliphatic rings. The van der Waals surface area contributed by atoms with E-state index in [-0.39, 0.29) is 18.3 Å². The standard InChI is InChI=1S/C22H22FNO3/c23-19-8-11-20(12-9-19)26-14-4-3-13-24-22(25)16-27-21-10-7-17-5-1-2-6-18(17)15-21/h1-2,5-12,15H,3-4,13-14,16H2,(H,24,25). The van der Waals surface area contributed by atoms with Gasteiger partial charge in [-0.2, -0.15) is 0 Å². The molecule has 3 rings (SSSR count). The molecule has 140 valence electrons. The van der Waals surface area contributed by atoms with Gasteiger partial charge in [-0.1, -0.05) is 30.3 Å². The minimum atomic E-state index is -0.282. The number of rotatable bonds is 9. The zero-order valence-corrected chi connectivity index (χ0v) is 15.0. The number of halogens is 1. The van der Waals surface area contributed by atoms with Crippen LogP contribution in [0.25, 0.3) is 10.8 Å². The molecule has 0 fully saturated rings. The third-order valence-electron chi connectivity index (χ3n) is 4.07. The van der Waals surface area contributed by atoms with Gasteiger partial charge in [0.25, 0.3) is 5.91 Å². The fraction of sp³-hybridized carbons (Fsp3) is 0.227. The van der Waals surface area contributed by atoms with Crippen molar-refractivity contribution in [1.29, 1.82) is 0 Å². The summed E-state index contributed by atoms with van der Waals surface area (Å²) < 4.78 is 23.8. The molecular weight excluding hydrogens is 345 g/mol. The van der Waals surface area contributed by atoms with Crippen LogP contribution in [0, 0.1) is 5.82 Å². The van der Waals surface area contributed by atoms with E-state index in [1.807, 2.05) is 42.5 Å². The molecule has 0 heterocycles. The Morgan fingerprint density at radius 1 is 0.852 bits per heavy atom. The normalized spacial score (nSPS) is 10.6. The van der Waals surface area contributed by atoms with Gasteiger partial charge in [-0.25, -0.2) is 4.39 Å². The van der Waals surface area contributed by atoms with Gasteiger partial charge in [0.1, 0.15) is 17.3 Å². The fourth-order valence-corrected chi connectivity index (χ4v) is 2.63. The van der Waals surface area contributed by atoms with Gasteiger partial charge in [0, 0.05) is 6.54 Å². The molecule has 0 saturated carbocycles. The van der Waals surface area contributed by atoms with Crippen LogP contribution in [0.3, 0.4) is 0 Å². The number of fused-ring (bicyclic) bond motifs is 1. The first-order valence-electron chi connectivity index (χ1n) is 8.97. The van der Waals surface area contributed by atoms with E-state index in [0.717, 1.165) is 23.6 Å². The van der Waals surface area contributed by atoms with E-state index < -0.39 is 0 Å². The second-order valence-corrected chi connectivity index (χ2v) is 6.16. The number of carbonyl (C=O) groups is 1. The van der Waals surface area contributed by atoms with E-state index >= 15 is 0 Å². The molecule has 5 heteroatoms. The number of unbranched alkanes of at least 4 members (excludes halogenated alkanes) is 1. The lowest BCUT2D eigenvalue weighted by Gasteiger charge is -2.09. The van der Waals surface area contributed by atoms with Gasteiger partial charge < -0.3 is 14.8 Å². The molecule has 1 N–H and O–H groups in total. The molecule has 0 aliphatic carbocycles. The molecule has 0 spiro atoms. The third kappa shape index (κ3) is 5.99. The van der Waals surface area contributed by atoms with E-state index in [0.29, 0.717) is 24.7 Å². The number of benzene rings is 3. The van der Waals surface area contributed by atoms with Crippen LogP contribution in [0.4, 0.5) is 4.39 Å². The summed E-state index contributed by atoms with van der Waals surface area (Å²) in [5.41, 5.74) is 0. The van der Waals surface area contributed by atoms with Crippen molar-refractivity contribution in [3.63, 3.8) is 0 Å². The van der Waals surface area contributed by atoms with Crippen LogP contribution in [0.1, 0.15) is 12.8 Å². The van der Waals surface area contributed by atoms with Gasteiger partial charge in [-0.15, -0.1) is 0 Å². The number of carbonyl (C=O) groups excluding carboxylic acids is 1. The molecule has 0 aromatic heterocycles. The van der Waals surface area contributed by atoms with Gasteiger partial charge in [-0.3, -0.25) is 4.79 Å². The quantitative estimate of drug-likeness (QED) is 0.573. The molecule has 3 aromatic rings. The number of nitrogens with one attached hydrogen (secondary N) is 1. The van der Waals surface area contributed by atoms with Crippen molar-refractivity contribution in [3.8, 4) is 11.5 Å². The third-order valence-corrected chi connectivity index (χ3v) is 4.07. The van der Waals surface area contributed by atoms with E-state index in [2.05, 4.69) is 5.32 Å². The van der Waals surface area contributed by atoms with Crippen LogP contribution < -0.4 is 14.8 Å². The zero-order valence-electron chi connectivity index (χ0n) is 15.0. The lowest BCUT2D eigenvalue weighted by Crippen LogP contribution is -2.29. The summed E-state index contributed by atoms with van der Waals surface area (Å²) in [6.45, 7) is 1.08. The van der Waals surface area contributed by atoms with Crippen molar-refractivity contribution in [2.45, 2.75) is 12.8 Å². The first-order chi connectivity index (χ1) is 13.2. The minimum Gasteiger partial charge on any atom is -0.494 e. The Kier molecular flexibility index (Phi) is 6.63. The molecule has 0 radical (unpaired) electrons. The Balaban J connectivity index is 1.29. The van der Waals surface area contributed by atoms with Crippen LogP contribution in [-0.4, -0.2) is 25.7 Å². The van der Waals surface area contributed by atoms with Crippen LogP contribution in [0.2, 0.25) is 0 Å². The van der Waals surface area contributed by atoms with Gasteiger partial charge in [0.2, 0.25) is 0 Å². The van der Waals surface area contributed by atoms with Crippen LogP contribution in [0.5, 0.6) is 11.5 Å². The van der Waals surface area contributed by atoms with Gasteiger partial charge in [0.05, 0.1) is 6.61 Å². The Hall–Kier alpha value is -3.08. The summed E-state index contributed by atoms with van der Waals surface area (Å²) >= 11 is 0. The minimum absolute atomic E-state index is 0.00950. The van der Waals surface area contributed by atoms with Gasteiger partial charge >= 0.3 is 0 Å². The van der Waals surface area contributed by atoms with Crippen LogP contribution >= 0.6 is 0 Å². The highest BCUT2D eigenvalue weighted by atomic mass is 19.1. The topological polar surface area (TPSA) is 47.6 Å². The highest BCUT2D eigenvalue weighted by molar-refractivity contribution is 5.84. The van der Waals surface area contributed by atoms with Crippen LogP contribution in [-0.2, 0) is 4.79 Å². The summed E-state index contributed by atoms with van der Waals surface area (Å²) in [5.74, 6) is 0.888. The molecule has 27 heavy (non-hydrogen) atoms. The summed E-state index contributed by atoms with van der Waals surface area (Å²) in [5, 5.41) is 5.04. The summed E-state index contributed by atoms with van der Waals surface area (Å²) in [7, 11) is 0. The maximum atomic E-state index is 12.8. The molecule has 0 saturated heterocycles. The van der Waals surface area contributed by atoms with Crippen molar-refractivity contribution in [2.75, 3.05) is 19.8 Å². The SMILES string of the molecule is O=C(COc1ccc2ccccc2c1)NCCCCOc1ccc(F)cc1. The number of hydrogen-bond acceptors (Lipinski definition) is 3. The largest absolute Gasteiger partial charge is 0.494 e. The van der Waals surface area contributed by atoms with E-state index in [1.54, 1.807) is 12.1 Å². The number of ether oxygens (including phenoxy) is 2. The first-order valence-corrected chi connectivity index (χ1v) is 8.97. The molecule has 4 nitrogen and oxygen atoms in total. The Morgan fingerprint density at radius 3 is 2.41 bits per heavy atom. The second kappa shape index (κ2) is 9.57. The lowest BCUT2D eigenvalue weighted by molar-refractivity contribution is -0.123. The van der Waals surface area contributed by atoms with Gasteiger partial charge in [0.15, 0.2) is 6.61 Å². The second-order valence-electron chi connectivity index (χ2n) is 6.16. The van der Waals surface area contributed by atoms with E-state index in [9.17, 15) is 9.18 Å². The molecule has 0 aliphatic heterocycles. The average molecular weight is 367 g/mol. The van der Waals surface area contributed by atoms with E-state index in [4.69, 9.17) is 9.47 Å². The predicted molar refractivity (Wildman–Crippen MR) is 104 cm³/mol. The number of amides is 1. The lowest BCUT2D eigenvalue weighted by atomic mass is 10.1. The van der Waals surface area contributed by atoms with E-state index in [1.165, 1.54) is 12.1 Å². The maximum absolute atomic E-state index is 12.8. The van der Waals surface area contributed by atoms with Crippen molar-refractivity contribution in [1.82, 2.24) is 5.32 Å². The summed E-state index contributed by atoms with van der Waals surface area (Å²) in [6, 6.07) is 19.7. The molecule has 1 amide bonds. The highest BCUT2D eigenvalue weighted by Gasteiger charge is 2.03. The van der Waals surface area contributed by atoms with Crippen molar-refractivity contribution in [2.24, 2.45) is 0 Å². The Morgan fingerprint density at radius 2 is 1.59 bits per heavy atom. The van der Waals surface area contributed by atoms with Crippen molar-refractivity contribution < 1.29 is 18.7 Å². The fourth-order valence-electron chi connectivity index (χ4n) is 2.63. The summed E-state index contributed by atoms with van der Waals surface area (Å²) in [4.78, 5) is 11.9. The van der Waals surface area contributed by atoms with Crippen LogP contribution in [0.15, 0.2) is 66.7 Å². The van der Waals surface area contributed by atoms with Gasteiger partial charge in [-0.05, 0) is 60.0 Å². The maximum Gasteiger partial charge on any atom is 0.257 e. The molecule has 3 aromatic carbocycles. The average Bonchev–Trinajstić information content (AvgIpc) is 2.70. The first kappa shape index (κ1) is 18.7. The Labute approximate surface area is 157 Å². The van der Waals surface area contributed by atoms with Crippen molar-refractivity contribution >= 4 is 16.7 Å². The summed E-state index contributed by atoms with van der Waals surface area (Å²) in [6.07, 6.45) is 1.59.